The van der Waals surface area contributed by atoms with Crippen LogP contribution >= 0.6 is 0 Å². The van der Waals surface area contributed by atoms with Crippen LogP contribution in [0.5, 0.6) is 0 Å². The molecule has 6 nitrogen and oxygen atoms in total. The van der Waals surface area contributed by atoms with E-state index >= 15 is 0 Å². The summed E-state index contributed by atoms with van der Waals surface area (Å²) in [6.07, 6.45) is 0.726. The molecule has 27 heavy (non-hydrogen) atoms. The monoisotopic (exact) mass is 389 g/mol. The van der Waals surface area contributed by atoms with Crippen LogP contribution in [0.4, 0.5) is 5.82 Å². The molecule has 0 bridgehead atoms. The molecule has 2 aliphatic heterocycles. The third-order valence-electron chi connectivity index (χ3n) is 5.60. The number of ether oxygens (including phenoxy) is 1. The van der Waals surface area contributed by atoms with Crippen LogP contribution in [-0.4, -0.2) is 68.7 Å². The van der Waals surface area contributed by atoms with Gasteiger partial charge in [-0.05, 0) is 25.1 Å². The van der Waals surface area contributed by atoms with Gasteiger partial charge in [-0.2, -0.15) is 0 Å². The molecular formula is C20H27N3O3S. The molecule has 2 aliphatic rings. The highest BCUT2D eigenvalue weighted by Gasteiger charge is 2.32. The Bertz CT molecular complexity index is 910. The first-order chi connectivity index (χ1) is 13.1. The zero-order chi connectivity index (χ0) is 18.9. The van der Waals surface area contributed by atoms with Crippen molar-refractivity contribution in [2.24, 2.45) is 0 Å². The van der Waals surface area contributed by atoms with Gasteiger partial charge in [-0.1, -0.05) is 25.1 Å². The molecule has 7 heteroatoms. The second kappa shape index (κ2) is 7.73. The first-order valence-corrected chi connectivity index (χ1v) is 11.5. The Kier molecular flexibility index (Phi) is 5.34. The van der Waals surface area contributed by atoms with Gasteiger partial charge in [0.2, 0.25) is 0 Å². The Morgan fingerprint density at radius 2 is 2.04 bits per heavy atom. The number of para-hydroxylation sites is 1. The number of nitrogens with zero attached hydrogens (tertiary/aromatic N) is 3. The van der Waals surface area contributed by atoms with Gasteiger partial charge in [-0.3, -0.25) is 4.90 Å². The lowest BCUT2D eigenvalue weighted by atomic mass is 10.1. The largest absolute Gasteiger partial charge is 0.378 e. The molecule has 1 unspecified atom stereocenters. The van der Waals surface area contributed by atoms with Gasteiger partial charge in [-0.15, -0.1) is 0 Å². The van der Waals surface area contributed by atoms with Crippen LogP contribution in [0.15, 0.2) is 30.3 Å². The summed E-state index contributed by atoms with van der Waals surface area (Å²) in [5.74, 6) is 1.59. The summed E-state index contributed by atoms with van der Waals surface area (Å²) in [4.78, 5) is 9.55. The lowest BCUT2D eigenvalue weighted by molar-refractivity contribution is 0.122. The lowest BCUT2D eigenvalue weighted by Gasteiger charge is -2.32. The summed E-state index contributed by atoms with van der Waals surface area (Å²) in [6.45, 7) is 6.76. The van der Waals surface area contributed by atoms with Crippen LogP contribution < -0.4 is 4.90 Å². The van der Waals surface area contributed by atoms with Gasteiger partial charge in [0.05, 0.1) is 30.2 Å². The molecule has 0 radical (unpaired) electrons. The number of hydrogen-bond acceptors (Lipinski definition) is 6. The second-order valence-electron chi connectivity index (χ2n) is 7.38. The maximum absolute atomic E-state index is 11.9. The summed E-state index contributed by atoms with van der Waals surface area (Å²) >= 11 is 0. The summed E-state index contributed by atoms with van der Waals surface area (Å²) in [5.41, 5.74) is 2.16. The SMILES string of the molecule is CCN(Cc1cc2ccccc2nc1N1CCOCC1)C1CCS(=O)(=O)C1. The van der Waals surface area contributed by atoms with E-state index in [0.717, 1.165) is 49.3 Å². The molecule has 0 aliphatic carbocycles. The fraction of sp³-hybridized carbons (Fsp3) is 0.550. The molecule has 0 N–H and O–H groups in total. The van der Waals surface area contributed by atoms with Gasteiger partial charge >= 0.3 is 0 Å². The molecule has 2 aromatic rings. The Labute approximate surface area is 161 Å². The number of aromatic nitrogens is 1. The van der Waals surface area contributed by atoms with Crippen LogP contribution in [0.3, 0.4) is 0 Å². The van der Waals surface area contributed by atoms with E-state index in [-0.39, 0.29) is 11.8 Å². The van der Waals surface area contributed by atoms with Gasteiger partial charge in [0.25, 0.3) is 0 Å². The minimum Gasteiger partial charge on any atom is -0.378 e. The van der Waals surface area contributed by atoms with E-state index in [1.807, 2.05) is 18.2 Å². The lowest BCUT2D eigenvalue weighted by Crippen LogP contribution is -2.39. The van der Waals surface area contributed by atoms with Crippen molar-refractivity contribution in [1.82, 2.24) is 9.88 Å². The third kappa shape index (κ3) is 4.10. The zero-order valence-corrected chi connectivity index (χ0v) is 16.6. The van der Waals surface area contributed by atoms with Crippen molar-refractivity contribution in [1.29, 1.82) is 0 Å². The maximum atomic E-state index is 11.9. The minimum atomic E-state index is -2.89. The number of rotatable bonds is 5. The van der Waals surface area contributed by atoms with E-state index in [9.17, 15) is 8.42 Å². The molecule has 0 saturated carbocycles. The molecule has 1 aromatic carbocycles. The molecule has 1 aromatic heterocycles. The van der Waals surface area contributed by atoms with Gasteiger partial charge in [0, 0.05) is 36.6 Å². The zero-order valence-electron chi connectivity index (χ0n) is 15.8. The normalized spacial score (nSPS) is 22.6. The molecule has 1 atom stereocenters. The number of fused-ring (bicyclic) bond motifs is 1. The smallest absolute Gasteiger partial charge is 0.151 e. The average Bonchev–Trinajstić information content (AvgIpc) is 3.05. The molecule has 0 spiro atoms. The Morgan fingerprint density at radius 3 is 2.74 bits per heavy atom. The highest BCUT2D eigenvalue weighted by Crippen LogP contribution is 2.28. The molecular weight excluding hydrogens is 362 g/mol. The van der Waals surface area contributed by atoms with E-state index in [4.69, 9.17) is 9.72 Å². The third-order valence-corrected chi connectivity index (χ3v) is 7.35. The quantitative estimate of drug-likeness (QED) is 0.780. The van der Waals surface area contributed by atoms with E-state index in [1.54, 1.807) is 0 Å². The number of pyridine rings is 1. The van der Waals surface area contributed by atoms with E-state index in [1.165, 1.54) is 5.56 Å². The van der Waals surface area contributed by atoms with Crippen molar-refractivity contribution in [3.8, 4) is 0 Å². The molecule has 2 saturated heterocycles. The minimum absolute atomic E-state index is 0.101. The number of hydrogen-bond donors (Lipinski definition) is 0. The summed E-state index contributed by atoms with van der Waals surface area (Å²) < 4.78 is 29.4. The maximum Gasteiger partial charge on any atom is 0.151 e. The van der Waals surface area contributed by atoms with Gasteiger partial charge in [-0.25, -0.2) is 13.4 Å². The van der Waals surface area contributed by atoms with Crippen molar-refractivity contribution in [3.63, 3.8) is 0 Å². The summed E-state index contributed by atoms with van der Waals surface area (Å²) in [5, 5.41) is 1.12. The van der Waals surface area contributed by atoms with E-state index < -0.39 is 9.84 Å². The predicted octanol–water partition coefficient (Wildman–Crippen LogP) is 2.08. The Morgan fingerprint density at radius 1 is 1.26 bits per heavy atom. The first-order valence-electron chi connectivity index (χ1n) is 9.71. The first kappa shape index (κ1) is 18.7. The van der Waals surface area contributed by atoms with Crippen LogP contribution in [0.25, 0.3) is 10.9 Å². The number of sulfone groups is 1. The topological polar surface area (TPSA) is 62.7 Å². The van der Waals surface area contributed by atoms with Crippen molar-refractivity contribution in [3.05, 3.63) is 35.9 Å². The number of morpholine rings is 1. The molecule has 146 valence electrons. The molecule has 4 rings (SSSR count). The van der Waals surface area contributed by atoms with Crippen molar-refractivity contribution in [2.45, 2.75) is 25.9 Å². The fourth-order valence-corrected chi connectivity index (χ4v) is 5.86. The molecule has 3 heterocycles. The highest BCUT2D eigenvalue weighted by molar-refractivity contribution is 7.91. The van der Waals surface area contributed by atoms with Gasteiger partial charge in [0.1, 0.15) is 5.82 Å². The van der Waals surface area contributed by atoms with Crippen molar-refractivity contribution in [2.75, 3.05) is 49.3 Å². The molecule has 0 amide bonds. The number of anilines is 1. The van der Waals surface area contributed by atoms with Gasteiger partial charge in [0.15, 0.2) is 9.84 Å². The average molecular weight is 390 g/mol. The Hall–Kier alpha value is -1.70. The highest BCUT2D eigenvalue weighted by atomic mass is 32.2. The predicted molar refractivity (Wildman–Crippen MR) is 108 cm³/mol. The van der Waals surface area contributed by atoms with E-state index in [0.29, 0.717) is 19.0 Å². The van der Waals surface area contributed by atoms with E-state index in [2.05, 4.69) is 28.9 Å². The fourth-order valence-electron chi connectivity index (χ4n) is 4.10. The summed E-state index contributed by atoms with van der Waals surface area (Å²) in [7, 11) is -2.89. The summed E-state index contributed by atoms with van der Waals surface area (Å²) in [6, 6.07) is 10.5. The van der Waals surface area contributed by atoms with Crippen LogP contribution in [-0.2, 0) is 21.1 Å². The standard InChI is InChI=1S/C20H27N3O3S/c1-2-22(18-7-12-27(24,25)15-18)14-17-13-16-5-3-4-6-19(16)21-20(17)23-8-10-26-11-9-23/h3-6,13,18H,2,7-12,14-15H2,1H3. The molecule has 2 fully saturated rings. The second-order valence-corrected chi connectivity index (χ2v) is 9.61. The van der Waals surface area contributed by atoms with Crippen molar-refractivity contribution < 1.29 is 13.2 Å². The van der Waals surface area contributed by atoms with Gasteiger partial charge < -0.3 is 9.64 Å². The Balaban J connectivity index is 1.67. The van der Waals surface area contributed by atoms with Crippen LogP contribution in [0, 0.1) is 0 Å². The van der Waals surface area contributed by atoms with Crippen molar-refractivity contribution >= 4 is 26.6 Å². The van der Waals surface area contributed by atoms with Crippen LogP contribution in [0.1, 0.15) is 18.9 Å². The number of benzene rings is 1. The van der Waals surface area contributed by atoms with Crippen LogP contribution in [0.2, 0.25) is 0 Å².